The number of halogens is 1. The van der Waals surface area contributed by atoms with Gasteiger partial charge in [-0.2, -0.15) is 0 Å². The van der Waals surface area contributed by atoms with Crippen molar-refractivity contribution in [2.24, 2.45) is 5.73 Å². The molecule has 0 aliphatic carbocycles. The monoisotopic (exact) mass is 439 g/mol. The minimum Gasteiger partial charge on any atom is -0.368 e. The molecule has 8 nitrogen and oxygen atoms in total. The van der Waals surface area contributed by atoms with E-state index in [0.717, 1.165) is 22.3 Å². The van der Waals surface area contributed by atoms with Gasteiger partial charge in [0, 0.05) is 54.0 Å². The molecule has 1 aromatic heterocycles. The lowest BCUT2D eigenvalue weighted by Crippen LogP contribution is -2.50. The maximum absolute atomic E-state index is 12.2. The molecule has 0 saturated carbocycles. The van der Waals surface area contributed by atoms with Crippen LogP contribution in [0.4, 0.5) is 11.4 Å². The van der Waals surface area contributed by atoms with Gasteiger partial charge in [-0.3, -0.25) is 19.8 Å². The van der Waals surface area contributed by atoms with E-state index in [4.69, 9.17) is 17.3 Å². The van der Waals surface area contributed by atoms with Crippen molar-refractivity contribution in [2.45, 2.75) is 13.0 Å². The number of piperazine rings is 1. The van der Waals surface area contributed by atoms with Crippen LogP contribution in [0.5, 0.6) is 0 Å². The van der Waals surface area contributed by atoms with Crippen LogP contribution in [0.25, 0.3) is 10.9 Å². The molecular formula is C22H22ClN5O3. The molecule has 0 radical (unpaired) electrons. The highest BCUT2D eigenvalue weighted by Crippen LogP contribution is 2.33. The van der Waals surface area contributed by atoms with Gasteiger partial charge in [0.1, 0.15) is 6.04 Å². The first-order valence-electron chi connectivity index (χ1n) is 9.93. The van der Waals surface area contributed by atoms with Gasteiger partial charge in [-0.1, -0.05) is 35.9 Å². The number of amides is 1. The number of carbonyl (C=O) groups is 1. The number of nitro groups is 1. The van der Waals surface area contributed by atoms with Gasteiger partial charge in [0.15, 0.2) is 5.52 Å². The van der Waals surface area contributed by atoms with Crippen molar-refractivity contribution in [3.8, 4) is 0 Å². The summed E-state index contributed by atoms with van der Waals surface area (Å²) in [5, 5.41) is 12.8. The molecule has 2 N–H and O–H groups in total. The van der Waals surface area contributed by atoms with Crippen LogP contribution >= 0.6 is 11.6 Å². The Hall–Kier alpha value is -3.23. The molecular weight excluding hydrogens is 418 g/mol. The highest BCUT2D eigenvalue weighted by Gasteiger charge is 2.30. The fourth-order valence-corrected chi connectivity index (χ4v) is 4.30. The number of fused-ring (bicyclic) bond motifs is 1. The second kappa shape index (κ2) is 8.49. The first kappa shape index (κ1) is 21.0. The molecule has 1 atom stereocenters. The Kier molecular flexibility index (Phi) is 5.75. The Balaban J connectivity index is 1.61. The quantitative estimate of drug-likeness (QED) is 0.482. The SMILES string of the molecule is Cc1cc(N2CCN(C(C(N)=O)c3ccc(Cl)cc3)CC2)c2cccc([N+](=O)[O-])c2n1. The molecule has 0 spiro atoms. The largest absolute Gasteiger partial charge is 0.368 e. The van der Waals surface area contributed by atoms with Gasteiger partial charge in [0.2, 0.25) is 5.91 Å². The summed E-state index contributed by atoms with van der Waals surface area (Å²) in [4.78, 5) is 31.9. The number of aryl methyl sites for hydroxylation is 1. The van der Waals surface area contributed by atoms with Crippen LogP contribution in [-0.4, -0.2) is 46.9 Å². The maximum Gasteiger partial charge on any atom is 0.295 e. The third-order valence-electron chi connectivity index (χ3n) is 5.60. The third kappa shape index (κ3) is 4.17. The Morgan fingerprint density at radius 1 is 1.16 bits per heavy atom. The Morgan fingerprint density at radius 2 is 1.84 bits per heavy atom. The number of benzene rings is 2. The van der Waals surface area contributed by atoms with Gasteiger partial charge in [0.05, 0.1) is 4.92 Å². The predicted molar refractivity (Wildman–Crippen MR) is 120 cm³/mol. The van der Waals surface area contributed by atoms with Crippen molar-refractivity contribution >= 4 is 39.8 Å². The number of para-hydroxylation sites is 1. The minimum atomic E-state index is -0.531. The van der Waals surface area contributed by atoms with E-state index in [1.807, 2.05) is 31.2 Å². The summed E-state index contributed by atoms with van der Waals surface area (Å²) in [5.74, 6) is -0.406. The molecule has 2 aromatic carbocycles. The molecule has 1 aliphatic rings. The van der Waals surface area contributed by atoms with Gasteiger partial charge in [-0.05, 0) is 30.7 Å². The zero-order valence-electron chi connectivity index (χ0n) is 17.0. The Labute approximate surface area is 184 Å². The summed E-state index contributed by atoms with van der Waals surface area (Å²) >= 11 is 5.98. The van der Waals surface area contributed by atoms with Crippen LogP contribution in [0.15, 0.2) is 48.5 Å². The number of rotatable bonds is 5. The molecule has 3 aromatic rings. The number of pyridine rings is 1. The average molecular weight is 440 g/mol. The van der Waals surface area contributed by atoms with Crippen LogP contribution in [-0.2, 0) is 4.79 Å². The number of carbonyl (C=O) groups excluding carboxylic acids is 1. The van der Waals surface area contributed by atoms with Crippen molar-refractivity contribution in [3.63, 3.8) is 0 Å². The van der Waals surface area contributed by atoms with Gasteiger partial charge < -0.3 is 10.6 Å². The first-order chi connectivity index (χ1) is 14.8. The van der Waals surface area contributed by atoms with Crippen LogP contribution in [0.3, 0.4) is 0 Å². The maximum atomic E-state index is 12.2. The number of anilines is 1. The molecule has 1 amide bonds. The molecule has 0 bridgehead atoms. The summed E-state index contributed by atoms with van der Waals surface area (Å²) in [5.41, 5.74) is 8.55. The summed E-state index contributed by atoms with van der Waals surface area (Å²) in [6.07, 6.45) is 0. The van der Waals surface area contributed by atoms with E-state index in [2.05, 4.69) is 14.8 Å². The Morgan fingerprint density at radius 3 is 2.45 bits per heavy atom. The topological polar surface area (TPSA) is 106 Å². The number of aromatic nitrogens is 1. The fraction of sp³-hybridized carbons (Fsp3) is 0.273. The van der Waals surface area contributed by atoms with Gasteiger partial charge in [0.25, 0.3) is 5.69 Å². The van der Waals surface area contributed by atoms with E-state index < -0.39 is 16.9 Å². The molecule has 9 heteroatoms. The van der Waals surface area contributed by atoms with Crippen molar-refractivity contribution < 1.29 is 9.72 Å². The smallest absolute Gasteiger partial charge is 0.295 e. The van der Waals surface area contributed by atoms with E-state index in [1.54, 1.807) is 18.2 Å². The molecule has 160 valence electrons. The van der Waals surface area contributed by atoms with Crippen LogP contribution in [0.1, 0.15) is 17.3 Å². The number of nitro benzene ring substituents is 1. The second-order valence-corrected chi connectivity index (χ2v) is 8.03. The normalized spacial score (nSPS) is 15.7. The average Bonchev–Trinajstić information content (AvgIpc) is 2.74. The zero-order valence-corrected chi connectivity index (χ0v) is 17.7. The summed E-state index contributed by atoms with van der Waals surface area (Å²) in [6, 6.07) is 13.6. The lowest BCUT2D eigenvalue weighted by Gasteiger charge is -2.39. The molecule has 1 unspecified atom stereocenters. The van der Waals surface area contributed by atoms with Crippen molar-refractivity contribution in [3.05, 3.63) is 74.9 Å². The standard InChI is InChI=1S/C22H22ClN5O3/c1-14-13-19(17-3-2-4-18(28(30)31)20(17)25-14)26-9-11-27(12-10-26)21(22(24)29)15-5-7-16(23)8-6-15/h2-8,13,21H,9-12H2,1H3,(H2,24,29). The molecule has 31 heavy (non-hydrogen) atoms. The molecule has 1 fully saturated rings. The van der Waals surface area contributed by atoms with Crippen LogP contribution < -0.4 is 10.6 Å². The van der Waals surface area contributed by atoms with Crippen LogP contribution in [0.2, 0.25) is 5.02 Å². The third-order valence-corrected chi connectivity index (χ3v) is 5.85. The number of hydrogen-bond acceptors (Lipinski definition) is 6. The summed E-state index contributed by atoms with van der Waals surface area (Å²) in [7, 11) is 0. The van der Waals surface area contributed by atoms with E-state index in [9.17, 15) is 14.9 Å². The van der Waals surface area contributed by atoms with Gasteiger partial charge in [-0.25, -0.2) is 4.98 Å². The Bertz CT molecular complexity index is 1140. The lowest BCUT2D eigenvalue weighted by atomic mass is 10.0. The summed E-state index contributed by atoms with van der Waals surface area (Å²) < 4.78 is 0. The second-order valence-electron chi connectivity index (χ2n) is 7.59. The molecule has 1 aliphatic heterocycles. The highest BCUT2D eigenvalue weighted by molar-refractivity contribution is 6.30. The summed E-state index contributed by atoms with van der Waals surface area (Å²) in [6.45, 7) is 4.37. The van der Waals surface area contributed by atoms with Crippen LogP contribution in [0, 0.1) is 17.0 Å². The number of non-ortho nitro benzene ring substituents is 1. The molecule has 1 saturated heterocycles. The zero-order chi connectivity index (χ0) is 22.1. The number of primary amides is 1. The van der Waals surface area contributed by atoms with Crippen molar-refractivity contribution in [2.75, 3.05) is 31.1 Å². The first-order valence-corrected chi connectivity index (χ1v) is 10.3. The molecule has 4 rings (SSSR count). The number of nitrogens with zero attached hydrogens (tertiary/aromatic N) is 4. The minimum absolute atomic E-state index is 0.00221. The van der Waals surface area contributed by atoms with Crippen molar-refractivity contribution in [1.29, 1.82) is 0 Å². The number of nitrogens with two attached hydrogens (primary N) is 1. The predicted octanol–water partition coefficient (Wildman–Crippen LogP) is 3.45. The van der Waals surface area contributed by atoms with Gasteiger partial charge in [-0.15, -0.1) is 0 Å². The van der Waals surface area contributed by atoms with E-state index >= 15 is 0 Å². The highest BCUT2D eigenvalue weighted by atomic mass is 35.5. The lowest BCUT2D eigenvalue weighted by molar-refractivity contribution is -0.383. The number of hydrogen-bond donors (Lipinski definition) is 1. The fourth-order valence-electron chi connectivity index (χ4n) is 4.17. The van der Waals surface area contributed by atoms with E-state index in [0.29, 0.717) is 36.7 Å². The van der Waals surface area contributed by atoms with E-state index in [-0.39, 0.29) is 5.69 Å². The van der Waals surface area contributed by atoms with Crippen molar-refractivity contribution in [1.82, 2.24) is 9.88 Å². The van der Waals surface area contributed by atoms with E-state index in [1.165, 1.54) is 6.07 Å². The molecule has 2 heterocycles. The van der Waals surface area contributed by atoms with Gasteiger partial charge >= 0.3 is 0 Å².